The van der Waals surface area contributed by atoms with Gasteiger partial charge in [-0.3, -0.25) is 4.79 Å². The zero-order chi connectivity index (χ0) is 15.0. The number of halogens is 1. The van der Waals surface area contributed by atoms with Crippen LogP contribution in [-0.2, 0) is 0 Å². The van der Waals surface area contributed by atoms with Crippen LogP contribution >= 0.6 is 0 Å². The van der Waals surface area contributed by atoms with E-state index < -0.39 is 11.7 Å². The van der Waals surface area contributed by atoms with Crippen LogP contribution in [0.4, 0.5) is 4.39 Å². The molecular weight excluding hydrogens is 261 g/mol. The first-order chi connectivity index (χ1) is 9.63. The maximum Gasteiger partial charge on any atom is 0.258 e. The lowest BCUT2D eigenvalue weighted by Gasteiger charge is -2.16. The standard InChI is InChI=1S/C14H10FN3O2/c15-13-4-3-11(2-1-9-19)10-12(13)14(20)18(7-5-16)8-6-17/h3-4,10,19H,7-9H2. The van der Waals surface area contributed by atoms with Gasteiger partial charge in [-0.15, -0.1) is 0 Å². The zero-order valence-corrected chi connectivity index (χ0v) is 10.4. The fraction of sp³-hybridized carbons (Fsp3) is 0.214. The number of benzene rings is 1. The zero-order valence-electron chi connectivity index (χ0n) is 10.4. The molecule has 1 aromatic carbocycles. The van der Waals surface area contributed by atoms with Crippen LogP contribution in [0.25, 0.3) is 0 Å². The summed E-state index contributed by atoms with van der Waals surface area (Å²) in [5.41, 5.74) is 0.0953. The van der Waals surface area contributed by atoms with Crippen molar-refractivity contribution in [1.29, 1.82) is 10.5 Å². The molecule has 5 nitrogen and oxygen atoms in total. The van der Waals surface area contributed by atoms with E-state index in [9.17, 15) is 9.18 Å². The van der Waals surface area contributed by atoms with Crippen molar-refractivity contribution in [3.8, 4) is 24.0 Å². The fourth-order valence-corrected chi connectivity index (χ4v) is 1.45. The van der Waals surface area contributed by atoms with E-state index in [0.717, 1.165) is 11.0 Å². The third-order valence-electron chi connectivity index (χ3n) is 2.32. The summed E-state index contributed by atoms with van der Waals surface area (Å²) in [5, 5.41) is 25.8. The first-order valence-corrected chi connectivity index (χ1v) is 5.56. The highest BCUT2D eigenvalue weighted by Crippen LogP contribution is 2.13. The van der Waals surface area contributed by atoms with E-state index in [1.54, 1.807) is 12.1 Å². The first kappa shape index (κ1) is 15.2. The molecule has 0 aliphatic carbocycles. The van der Waals surface area contributed by atoms with E-state index in [4.69, 9.17) is 15.6 Å². The maximum atomic E-state index is 13.7. The van der Waals surface area contributed by atoms with Crippen LogP contribution in [0.3, 0.4) is 0 Å². The number of amides is 1. The molecule has 6 heteroatoms. The van der Waals surface area contributed by atoms with E-state index >= 15 is 0 Å². The molecule has 0 aliphatic rings. The van der Waals surface area contributed by atoms with Crippen LogP contribution < -0.4 is 0 Å². The Bertz CT molecular complexity index is 631. The largest absolute Gasteiger partial charge is 0.384 e. The van der Waals surface area contributed by atoms with Gasteiger partial charge in [-0.2, -0.15) is 10.5 Å². The van der Waals surface area contributed by atoms with Gasteiger partial charge in [-0.1, -0.05) is 11.8 Å². The lowest BCUT2D eigenvalue weighted by atomic mass is 10.1. The molecule has 0 aliphatic heterocycles. The van der Waals surface area contributed by atoms with Gasteiger partial charge in [0.15, 0.2) is 0 Å². The molecule has 1 N–H and O–H groups in total. The van der Waals surface area contributed by atoms with Gasteiger partial charge >= 0.3 is 0 Å². The molecule has 0 radical (unpaired) electrons. The van der Waals surface area contributed by atoms with Gasteiger partial charge < -0.3 is 10.0 Å². The van der Waals surface area contributed by atoms with Gasteiger partial charge in [-0.25, -0.2) is 4.39 Å². The number of hydrogen-bond acceptors (Lipinski definition) is 4. The molecule has 0 fully saturated rings. The summed E-state index contributed by atoms with van der Waals surface area (Å²) in [4.78, 5) is 13.0. The number of rotatable bonds is 3. The topological polar surface area (TPSA) is 88.1 Å². The predicted molar refractivity (Wildman–Crippen MR) is 67.5 cm³/mol. The van der Waals surface area contributed by atoms with E-state index in [0.29, 0.717) is 5.56 Å². The SMILES string of the molecule is N#CCN(CC#N)C(=O)c1cc(C#CCO)ccc1F. The Kier molecular flexibility index (Phi) is 5.72. The summed E-state index contributed by atoms with van der Waals surface area (Å²) in [7, 11) is 0. The number of nitriles is 2. The Labute approximate surface area is 115 Å². The van der Waals surface area contributed by atoms with Crippen molar-refractivity contribution in [1.82, 2.24) is 4.90 Å². The van der Waals surface area contributed by atoms with E-state index in [1.807, 2.05) is 0 Å². The molecule has 0 aromatic heterocycles. The number of carbonyl (C=O) groups excluding carboxylic acids is 1. The van der Waals surface area contributed by atoms with Gasteiger partial charge in [0.25, 0.3) is 5.91 Å². The Hall–Kier alpha value is -2.88. The summed E-state index contributed by atoms with van der Waals surface area (Å²) in [6.45, 7) is -0.966. The summed E-state index contributed by atoms with van der Waals surface area (Å²) in [5.74, 6) is 3.43. The quantitative estimate of drug-likeness (QED) is 0.646. The first-order valence-electron chi connectivity index (χ1n) is 5.56. The molecular formula is C14H10FN3O2. The molecule has 20 heavy (non-hydrogen) atoms. The Morgan fingerprint density at radius 2 is 1.95 bits per heavy atom. The third kappa shape index (κ3) is 3.81. The van der Waals surface area contributed by atoms with E-state index in [1.165, 1.54) is 12.1 Å². The van der Waals surface area contributed by atoms with Crippen LogP contribution in [0.2, 0.25) is 0 Å². The summed E-state index contributed by atoms with van der Waals surface area (Å²) in [6, 6.07) is 7.15. The second kappa shape index (κ2) is 7.53. The van der Waals surface area contributed by atoms with Gasteiger partial charge in [0.1, 0.15) is 25.5 Å². The lowest BCUT2D eigenvalue weighted by Crippen LogP contribution is -2.32. The maximum absolute atomic E-state index is 13.7. The normalized spacial score (nSPS) is 8.80. The minimum absolute atomic E-state index is 0.264. The molecule has 1 aromatic rings. The van der Waals surface area contributed by atoms with Gasteiger partial charge in [0.2, 0.25) is 0 Å². The number of nitrogens with zero attached hydrogens (tertiary/aromatic N) is 3. The van der Waals surface area contributed by atoms with E-state index in [2.05, 4.69) is 11.8 Å². The lowest BCUT2D eigenvalue weighted by molar-refractivity contribution is 0.0790. The number of hydrogen-bond donors (Lipinski definition) is 1. The van der Waals surface area contributed by atoms with Crippen LogP contribution in [0.1, 0.15) is 15.9 Å². The van der Waals surface area contributed by atoms with Gasteiger partial charge in [0, 0.05) is 5.56 Å². The smallest absolute Gasteiger partial charge is 0.258 e. The predicted octanol–water partition coefficient (Wildman–Crippen LogP) is 0.659. The summed E-state index contributed by atoms with van der Waals surface area (Å²) in [6.07, 6.45) is 0. The highest BCUT2D eigenvalue weighted by Gasteiger charge is 2.19. The molecule has 0 saturated heterocycles. The van der Waals surface area contributed by atoms with Crippen molar-refractivity contribution in [3.05, 3.63) is 35.1 Å². The molecule has 0 spiro atoms. The van der Waals surface area contributed by atoms with Crippen molar-refractivity contribution < 1.29 is 14.3 Å². The monoisotopic (exact) mass is 271 g/mol. The Morgan fingerprint density at radius 3 is 2.50 bits per heavy atom. The molecule has 0 atom stereocenters. The minimum Gasteiger partial charge on any atom is -0.384 e. The van der Waals surface area contributed by atoms with Crippen LogP contribution in [-0.4, -0.2) is 35.6 Å². The van der Waals surface area contributed by atoms with Crippen molar-refractivity contribution >= 4 is 5.91 Å². The Morgan fingerprint density at radius 1 is 1.30 bits per heavy atom. The third-order valence-corrected chi connectivity index (χ3v) is 2.32. The fourth-order valence-electron chi connectivity index (χ4n) is 1.45. The molecule has 0 unspecified atom stereocenters. The molecule has 1 amide bonds. The second-order valence-electron chi connectivity index (χ2n) is 3.63. The average Bonchev–Trinajstić information content (AvgIpc) is 2.45. The highest BCUT2D eigenvalue weighted by atomic mass is 19.1. The number of aliphatic hydroxyl groups is 1. The van der Waals surface area contributed by atoms with E-state index in [-0.39, 0.29) is 25.3 Å². The number of aliphatic hydroxyl groups excluding tert-OH is 1. The van der Waals surface area contributed by atoms with Crippen molar-refractivity contribution in [3.63, 3.8) is 0 Å². The minimum atomic E-state index is -0.759. The van der Waals surface area contributed by atoms with Crippen molar-refractivity contribution in [2.75, 3.05) is 19.7 Å². The van der Waals surface area contributed by atoms with Gasteiger partial charge in [-0.05, 0) is 18.2 Å². The molecule has 1 rings (SSSR count). The van der Waals surface area contributed by atoms with Crippen molar-refractivity contribution in [2.45, 2.75) is 0 Å². The molecule has 0 saturated carbocycles. The summed E-state index contributed by atoms with van der Waals surface area (Å²) >= 11 is 0. The van der Waals surface area contributed by atoms with Crippen LogP contribution in [0.5, 0.6) is 0 Å². The number of carbonyl (C=O) groups is 1. The molecule has 100 valence electrons. The van der Waals surface area contributed by atoms with Crippen LogP contribution in [0, 0.1) is 40.3 Å². The highest BCUT2D eigenvalue weighted by molar-refractivity contribution is 5.95. The summed E-state index contributed by atoms with van der Waals surface area (Å²) < 4.78 is 13.7. The second-order valence-corrected chi connectivity index (χ2v) is 3.63. The van der Waals surface area contributed by atoms with Gasteiger partial charge in [0.05, 0.1) is 17.7 Å². The molecule has 0 bridgehead atoms. The average molecular weight is 271 g/mol. The Balaban J connectivity index is 3.14. The van der Waals surface area contributed by atoms with Crippen LogP contribution in [0.15, 0.2) is 18.2 Å². The molecule has 0 heterocycles. The van der Waals surface area contributed by atoms with Crippen molar-refractivity contribution in [2.24, 2.45) is 0 Å².